The van der Waals surface area contributed by atoms with Crippen LogP contribution >= 0.6 is 0 Å². The molecule has 0 saturated heterocycles. The minimum atomic E-state index is 0.00255. The second-order valence-corrected chi connectivity index (χ2v) is 4.53. The van der Waals surface area contributed by atoms with Crippen molar-refractivity contribution >= 4 is 11.6 Å². The molecule has 2 aromatic rings. The zero-order valence-corrected chi connectivity index (χ0v) is 10.8. The fraction of sp³-hybridized carbons (Fsp3) is 0.188. The quantitative estimate of drug-likeness (QED) is 0.822. The third-order valence-corrected chi connectivity index (χ3v) is 3.34. The van der Waals surface area contributed by atoms with Crippen molar-refractivity contribution in [2.75, 3.05) is 11.6 Å². The predicted octanol–water partition coefficient (Wildman–Crippen LogP) is 3.25. The summed E-state index contributed by atoms with van der Waals surface area (Å²) in [5.74, 6) is 0.678. The van der Waals surface area contributed by atoms with Gasteiger partial charge in [0.2, 0.25) is 0 Å². The highest BCUT2D eigenvalue weighted by atomic mass is 16.5. The summed E-state index contributed by atoms with van der Waals surface area (Å²) >= 11 is 0. The van der Waals surface area contributed by atoms with Gasteiger partial charge in [-0.25, -0.2) is 0 Å². The number of benzene rings is 2. The van der Waals surface area contributed by atoms with Gasteiger partial charge in [0.25, 0.3) is 5.91 Å². The lowest BCUT2D eigenvalue weighted by Gasteiger charge is -2.29. The maximum absolute atomic E-state index is 12.5. The van der Waals surface area contributed by atoms with E-state index >= 15 is 0 Å². The Kier molecular flexibility index (Phi) is 2.95. The molecule has 3 nitrogen and oxygen atoms in total. The number of ether oxygens (including phenoxy) is 1. The molecule has 0 N–H and O–H groups in total. The van der Waals surface area contributed by atoms with Crippen LogP contribution in [0.25, 0.3) is 0 Å². The van der Waals surface area contributed by atoms with Crippen molar-refractivity contribution in [3.8, 4) is 5.75 Å². The molecule has 0 bridgehead atoms. The van der Waals surface area contributed by atoms with Gasteiger partial charge in [0, 0.05) is 5.69 Å². The molecule has 96 valence electrons. The first kappa shape index (κ1) is 11.8. The fourth-order valence-corrected chi connectivity index (χ4v) is 2.23. The topological polar surface area (TPSA) is 29.5 Å². The smallest absolute Gasteiger partial charge is 0.264 e. The minimum absolute atomic E-state index is 0.00255. The summed E-state index contributed by atoms with van der Waals surface area (Å²) < 4.78 is 5.67. The Hall–Kier alpha value is -2.29. The van der Waals surface area contributed by atoms with E-state index in [2.05, 4.69) is 6.92 Å². The van der Waals surface area contributed by atoms with Crippen LogP contribution in [0.5, 0.6) is 5.75 Å². The van der Waals surface area contributed by atoms with E-state index in [9.17, 15) is 4.79 Å². The van der Waals surface area contributed by atoms with Crippen molar-refractivity contribution in [3.05, 3.63) is 59.7 Å². The van der Waals surface area contributed by atoms with Gasteiger partial charge in [0.1, 0.15) is 5.75 Å². The highest BCUT2D eigenvalue weighted by molar-refractivity contribution is 6.08. The average Bonchev–Trinajstić information content (AvgIpc) is 2.48. The zero-order valence-electron chi connectivity index (χ0n) is 10.8. The van der Waals surface area contributed by atoms with E-state index in [0.717, 1.165) is 17.7 Å². The van der Waals surface area contributed by atoms with Gasteiger partial charge in [-0.05, 0) is 36.2 Å². The van der Waals surface area contributed by atoms with Crippen LogP contribution in [0.15, 0.2) is 48.5 Å². The average molecular weight is 253 g/mol. The van der Waals surface area contributed by atoms with Crippen LogP contribution in [0.4, 0.5) is 5.69 Å². The van der Waals surface area contributed by atoms with Crippen molar-refractivity contribution < 1.29 is 9.53 Å². The third kappa shape index (κ3) is 2.08. The molecular weight excluding hydrogens is 238 g/mol. The molecular formula is C16H15NO2. The Bertz CT molecular complexity index is 607. The second-order valence-electron chi connectivity index (χ2n) is 4.53. The third-order valence-electron chi connectivity index (χ3n) is 3.34. The van der Waals surface area contributed by atoms with E-state index in [4.69, 9.17) is 4.74 Å². The number of nitrogens with zero attached hydrogens (tertiary/aromatic N) is 1. The minimum Gasteiger partial charge on any atom is -0.472 e. The number of carbonyl (C=O) groups excluding carboxylic acids is 1. The predicted molar refractivity (Wildman–Crippen MR) is 74.6 cm³/mol. The van der Waals surface area contributed by atoms with Gasteiger partial charge in [-0.1, -0.05) is 31.2 Å². The van der Waals surface area contributed by atoms with E-state index in [1.54, 1.807) is 4.90 Å². The molecule has 0 fully saturated rings. The SMILES string of the molecule is CCc1ccc2c(c1)C(=O)N(c1ccccc1)CO2. The van der Waals surface area contributed by atoms with Gasteiger partial charge >= 0.3 is 0 Å². The first-order chi connectivity index (χ1) is 9.29. The van der Waals surface area contributed by atoms with Crippen LogP contribution in [-0.2, 0) is 6.42 Å². The Morgan fingerprint density at radius 1 is 1.16 bits per heavy atom. The van der Waals surface area contributed by atoms with Gasteiger partial charge in [-0.2, -0.15) is 0 Å². The van der Waals surface area contributed by atoms with E-state index in [1.165, 1.54) is 0 Å². The standard InChI is InChI=1S/C16H15NO2/c1-2-12-8-9-15-14(10-12)16(18)17(11-19-15)13-6-4-3-5-7-13/h3-10H,2,11H2,1H3. The molecule has 1 aliphatic rings. The van der Waals surface area contributed by atoms with Crippen LogP contribution < -0.4 is 9.64 Å². The number of hydrogen-bond donors (Lipinski definition) is 0. The Morgan fingerprint density at radius 2 is 1.95 bits per heavy atom. The second kappa shape index (κ2) is 4.76. The van der Waals surface area contributed by atoms with Gasteiger partial charge in [-0.3, -0.25) is 9.69 Å². The maximum atomic E-state index is 12.5. The highest BCUT2D eigenvalue weighted by Crippen LogP contribution is 2.29. The Morgan fingerprint density at radius 3 is 2.68 bits per heavy atom. The number of rotatable bonds is 2. The van der Waals surface area contributed by atoms with E-state index in [1.807, 2.05) is 48.5 Å². The molecule has 0 saturated carbocycles. The number of fused-ring (bicyclic) bond motifs is 1. The van der Waals surface area contributed by atoms with Gasteiger partial charge < -0.3 is 4.74 Å². The molecule has 0 spiro atoms. The van der Waals surface area contributed by atoms with Crippen LogP contribution in [-0.4, -0.2) is 12.6 Å². The molecule has 0 radical (unpaired) electrons. The molecule has 3 heteroatoms. The monoisotopic (exact) mass is 253 g/mol. The first-order valence-electron chi connectivity index (χ1n) is 6.42. The lowest BCUT2D eigenvalue weighted by Crippen LogP contribution is -2.38. The number of anilines is 1. The Balaban J connectivity index is 1.99. The lowest BCUT2D eigenvalue weighted by atomic mass is 10.1. The maximum Gasteiger partial charge on any atom is 0.264 e. The summed E-state index contributed by atoms with van der Waals surface area (Å²) in [4.78, 5) is 14.2. The molecule has 0 unspecified atom stereocenters. The summed E-state index contributed by atoms with van der Waals surface area (Å²) in [5, 5.41) is 0. The summed E-state index contributed by atoms with van der Waals surface area (Å²) in [6.45, 7) is 2.34. The summed E-state index contributed by atoms with van der Waals surface area (Å²) in [5.41, 5.74) is 2.65. The molecule has 1 heterocycles. The van der Waals surface area contributed by atoms with Crippen molar-refractivity contribution in [2.24, 2.45) is 0 Å². The van der Waals surface area contributed by atoms with Crippen LogP contribution in [0.1, 0.15) is 22.8 Å². The summed E-state index contributed by atoms with van der Waals surface area (Å²) in [7, 11) is 0. The number of para-hydroxylation sites is 1. The van der Waals surface area contributed by atoms with Crippen LogP contribution in [0.3, 0.4) is 0 Å². The number of carbonyl (C=O) groups is 1. The van der Waals surface area contributed by atoms with Crippen molar-refractivity contribution in [1.29, 1.82) is 0 Å². The molecule has 19 heavy (non-hydrogen) atoms. The van der Waals surface area contributed by atoms with Gasteiger partial charge in [0.15, 0.2) is 6.73 Å². The summed E-state index contributed by atoms with van der Waals surface area (Å²) in [6, 6.07) is 15.4. The van der Waals surface area contributed by atoms with Crippen molar-refractivity contribution in [3.63, 3.8) is 0 Å². The number of hydrogen-bond acceptors (Lipinski definition) is 2. The van der Waals surface area contributed by atoms with E-state index < -0.39 is 0 Å². The normalized spacial score (nSPS) is 13.9. The van der Waals surface area contributed by atoms with Crippen LogP contribution in [0, 0.1) is 0 Å². The van der Waals surface area contributed by atoms with Gasteiger partial charge in [0.05, 0.1) is 5.56 Å². The van der Waals surface area contributed by atoms with Crippen molar-refractivity contribution in [1.82, 2.24) is 0 Å². The molecule has 0 aromatic heterocycles. The highest BCUT2D eigenvalue weighted by Gasteiger charge is 2.26. The van der Waals surface area contributed by atoms with Gasteiger partial charge in [-0.15, -0.1) is 0 Å². The molecule has 3 rings (SSSR count). The zero-order chi connectivity index (χ0) is 13.2. The Labute approximate surface area is 112 Å². The first-order valence-corrected chi connectivity index (χ1v) is 6.42. The van der Waals surface area contributed by atoms with E-state index in [-0.39, 0.29) is 12.6 Å². The fourth-order valence-electron chi connectivity index (χ4n) is 2.23. The molecule has 0 aliphatic carbocycles. The van der Waals surface area contributed by atoms with Crippen molar-refractivity contribution in [2.45, 2.75) is 13.3 Å². The molecule has 1 aliphatic heterocycles. The summed E-state index contributed by atoms with van der Waals surface area (Å²) in [6.07, 6.45) is 0.909. The molecule has 1 amide bonds. The van der Waals surface area contributed by atoms with Crippen LogP contribution in [0.2, 0.25) is 0 Å². The molecule has 2 aromatic carbocycles. The largest absolute Gasteiger partial charge is 0.472 e. The lowest BCUT2D eigenvalue weighted by molar-refractivity contribution is 0.0937. The van der Waals surface area contributed by atoms with E-state index in [0.29, 0.717) is 11.3 Å². The molecule has 0 atom stereocenters. The number of aryl methyl sites for hydroxylation is 1. The number of amides is 1.